The van der Waals surface area contributed by atoms with E-state index in [-0.39, 0.29) is 28.2 Å². The second kappa shape index (κ2) is 6.34. The molecule has 0 amide bonds. The average molecular weight is 340 g/mol. The molecule has 0 aromatic heterocycles. The van der Waals surface area contributed by atoms with Gasteiger partial charge in [-0.1, -0.05) is 29.3 Å². The Hall–Kier alpha value is -2.11. The molecule has 0 aliphatic rings. The first-order valence-corrected chi connectivity index (χ1v) is 7.13. The highest BCUT2D eigenvalue weighted by molar-refractivity contribution is 6.34. The van der Waals surface area contributed by atoms with Gasteiger partial charge in [0.2, 0.25) is 0 Å². The first kappa shape index (κ1) is 16.3. The van der Waals surface area contributed by atoms with Crippen LogP contribution in [0, 0.1) is 13.8 Å². The molecular formula is C15H15Cl2N3O2. The Morgan fingerprint density at radius 2 is 1.82 bits per heavy atom. The SMILES string of the molecule is Cc1ccc(Cl)cc1NC(N)=Nc1c(C)cc(O)c(Cl)c1O. The highest BCUT2D eigenvalue weighted by Crippen LogP contribution is 2.42. The summed E-state index contributed by atoms with van der Waals surface area (Å²) in [5, 5.41) is 22.8. The zero-order chi connectivity index (χ0) is 16.4. The fourth-order valence-corrected chi connectivity index (χ4v) is 2.22. The van der Waals surface area contributed by atoms with Crippen LogP contribution < -0.4 is 11.1 Å². The molecule has 5 nitrogen and oxygen atoms in total. The lowest BCUT2D eigenvalue weighted by Gasteiger charge is -2.11. The molecule has 0 atom stereocenters. The molecule has 0 unspecified atom stereocenters. The minimum atomic E-state index is -0.327. The molecule has 0 spiro atoms. The monoisotopic (exact) mass is 339 g/mol. The molecule has 116 valence electrons. The Bertz CT molecular complexity index is 761. The van der Waals surface area contributed by atoms with E-state index in [9.17, 15) is 10.2 Å². The van der Waals surface area contributed by atoms with Crippen LogP contribution in [0.2, 0.25) is 10.0 Å². The number of guanidine groups is 1. The van der Waals surface area contributed by atoms with Crippen LogP contribution in [0.15, 0.2) is 29.3 Å². The smallest absolute Gasteiger partial charge is 0.198 e. The fraction of sp³-hybridized carbons (Fsp3) is 0.133. The minimum absolute atomic E-state index is 0.0607. The van der Waals surface area contributed by atoms with Gasteiger partial charge in [0.25, 0.3) is 0 Å². The van der Waals surface area contributed by atoms with Gasteiger partial charge in [-0.25, -0.2) is 4.99 Å². The van der Waals surface area contributed by atoms with E-state index in [1.807, 2.05) is 13.0 Å². The van der Waals surface area contributed by atoms with Crippen LogP contribution in [0.25, 0.3) is 0 Å². The van der Waals surface area contributed by atoms with E-state index in [1.54, 1.807) is 19.1 Å². The van der Waals surface area contributed by atoms with Gasteiger partial charge in [0.05, 0.1) is 0 Å². The van der Waals surface area contributed by atoms with Crippen LogP contribution in [0.4, 0.5) is 11.4 Å². The van der Waals surface area contributed by atoms with Gasteiger partial charge in [0, 0.05) is 10.7 Å². The Kier molecular flexibility index (Phi) is 4.68. The number of hydrogen-bond donors (Lipinski definition) is 4. The number of aryl methyl sites for hydroxylation is 2. The lowest BCUT2D eigenvalue weighted by Crippen LogP contribution is -2.22. The topological polar surface area (TPSA) is 90.9 Å². The number of anilines is 1. The molecular weight excluding hydrogens is 325 g/mol. The summed E-state index contributed by atoms with van der Waals surface area (Å²) >= 11 is 11.7. The number of nitrogens with two attached hydrogens (primary N) is 1. The summed E-state index contributed by atoms with van der Waals surface area (Å²) in [6.45, 7) is 3.57. The summed E-state index contributed by atoms with van der Waals surface area (Å²) in [5.41, 5.74) is 8.23. The van der Waals surface area contributed by atoms with Crippen molar-refractivity contribution in [3.63, 3.8) is 0 Å². The Balaban J connectivity index is 2.38. The number of phenols is 2. The number of phenolic OH excluding ortho intramolecular Hbond substituents is 2. The molecule has 0 aliphatic carbocycles. The van der Waals surface area contributed by atoms with Gasteiger partial charge in [-0.2, -0.15) is 0 Å². The maximum Gasteiger partial charge on any atom is 0.198 e. The molecule has 5 N–H and O–H groups in total. The fourth-order valence-electron chi connectivity index (χ4n) is 1.91. The zero-order valence-corrected chi connectivity index (χ0v) is 13.5. The first-order chi connectivity index (χ1) is 10.3. The summed E-state index contributed by atoms with van der Waals surface area (Å²) in [6, 6.07) is 6.73. The number of aliphatic imine (C=N–C) groups is 1. The van der Waals surface area contributed by atoms with E-state index in [4.69, 9.17) is 28.9 Å². The molecule has 2 aromatic rings. The van der Waals surface area contributed by atoms with Crippen LogP contribution in [-0.2, 0) is 0 Å². The van der Waals surface area contributed by atoms with Crippen LogP contribution in [0.5, 0.6) is 11.5 Å². The van der Waals surface area contributed by atoms with Crippen molar-refractivity contribution in [2.45, 2.75) is 13.8 Å². The number of aromatic hydroxyl groups is 2. The van der Waals surface area contributed by atoms with E-state index >= 15 is 0 Å². The highest BCUT2D eigenvalue weighted by atomic mass is 35.5. The summed E-state index contributed by atoms with van der Waals surface area (Å²) in [4.78, 5) is 4.12. The largest absolute Gasteiger partial charge is 0.506 e. The van der Waals surface area contributed by atoms with Crippen molar-refractivity contribution >= 4 is 40.5 Å². The van der Waals surface area contributed by atoms with Gasteiger partial charge in [-0.05, 0) is 43.2 Å². The molecule has 7 heteroatoms. The van der Waals surface area contributed by atoms with Crippen LogP contribution in [0.1, 0.15) is 11.1 Å². The summed E-state index contributed by atoms with van der Waals surface area (Å²) in [6.07, 6.45) is 0. The van der Waals surface area contributed by atoms with Crippen molar-refractivity contribution in [3.05, 3.63) is 45.4 Å². The molecule has 0 saturated carbocycles. The third-order valence-electron chi connectivity index (χ3n) is 3.08. The van der Waals surface area contributed by atoms with E-state index in [2.05, 4.69) is 10.3 Å². The molecule has 0 saturated heterocycles. The highest BCUT2D eigenvalue weighted by Gasteiger charge is 2.14. The van der Waals surface area contributed by atoms with Gasteiger partial charge in [-0.15, -0.1) is 0 Å². The normalized spacial score (nSPS) is 11.5. The maximum absolute atomic E-state index is 9.97. The summed E-state index contributed by atoms with van der Waals surface area (Å²) in [7, 11) is 0. The predicted molar refractivity (Wildman–Crippen MR) is 90.6 cm³/mol. The summed E-state index contributed by atoms with van der Waals surface area (Å²) in [5.74, 6) is -0.481. The molecule has 0 aliphatic heterocycles. The van der Waals surface area contributed by atoms with Gasteiger partial charge >= 0.3 is 0 Å². The third kappa shape index (κ3) is 3.37. The number of halogens is 2. The van der Waals surface area contributed by atoms with Crippen molar-refractivity contribution < 1.29 is 10.2 Å². The van der Waals surface area contributed by atoms with Crippen LogP contribution >= 0.6 is 23.2 Å². The Morgan fingerprint density at radius 1 is 1.14 bits per heavy atom. The minimum Gasteiger partial charge on any atom is -0.506 e. The quantitative estimate of drug-likeness (QED) is 0.490. The van der Waals surface area contributed by atoms with Crippen molar-refractivity contribution in [2.24, 2.45) is 10.7 Å². The second-order valence-corrected chi connectivity index (χ2v) is 5.62. The predicted octanol–water partition coefficient (Wildman–Crippen LogP) is 4.08. The molecule has 22 heavy (non-hydrogen) atoms. The molecule has 2 rings (SSSR count). The number of nitrogens with one attached hydrogen (secondary N) is 1. The lowest BCUT2D eigenvalue weighted by atomic mass is 10.1. The third-order valence-corrected chi connectivity index (χ3v) is 3.69. The molecule has 0 radical (unpaired) electrons. The molecule has 0 fully saturated rings. The lowest BCUT2D eigenvalue weighted by molar-refractivity contribution is 0.451. The van der Waals surface area contributed by atoms with Gasteiger partial charge in [0.15, 0.2) is 11.7 Å². The van der Waals surface area contributed by atoms with E-state index in [0.717, 1.165) is 5.56 Å². The Morgan fingerprint density at radius 3 is 2.50 bits per heavy atom. The zero-order valence-electron chi connectivity index (χ0n) is 12.0. The molecule has 2 aromatic carbocycles. The van der Waals surface area contributed by atoms with Gasteiger partial charge in [0.1, 0.15) is 16.5 Å². The van der Waals surface area contributed by atoms with Crippen molar-refractivity contribution in [2.75, 3.05) is 5.32 Å². The van der Waals surface area contributed by atoms with Gasteiger partial charge in [-0.3, -0.25) is 0 Å². The van der Waals surface area contributed by atoms with Crippen molar-refractivity contribution in [3.8, 4) is 11.5 Å². The van der Waals surface area contributed by atoms with E-state index in [0.29, 0.717) is 16.3 Å². The maximum atomic E-state index is 9.97. The van der Waals surface area contributed by atoms with E-state index < -0.39 is 0 Å². The second-order valence-electron chi connectivity index (χ2n) is 4.81. The van der Waals surface area contributed by atoms with E-state index in [1.165, 1.54) is 6.07 Å². The standard InChI is InChI=1S/C15H15Cl2N3O2/c1-7-3-4-9(16)6-10(7)19-15(18)20-13-8(2)5-11(21)12(17)14(13)22/h3-6,21-22H,1-2H3,(H3,18,19,20). The number of rotatable bonds is 2. The van der Waals surface area contributed by atoms with Crippen molar-refractivity contribution in [1.82, 2.24) is 0 Å². The van der Waals surface area contributed by atoms with Gasteiger partial charge < -0.3 is 21.3 Å². The molecule has 0 heterocycles. The molecule has 0 bridgehead atoms. The number of benzene rings is 2. The number of hydrogen-bond acceptors (Lipinski definition) is 3. The first-order valence-electron chi connectivity index (χ1n) is 6.38. The van der Waals surface area contributed by atoms with Crippen molar-refractivity contribution in [1.29, 1.82) is 0 Å². The Labute approximate surface area is 138 Å². The summed E-state index contributed by atoms with van der Waals surface area (Å²) < 4.78 is 0. The average Bonchev–Trinajstić information content (AvgIpc) is 2.45. The van der Waals surface area contributed by atoms with Crippen LogP contribution in [0.3, 0.4) is 0 Å². The van der Waals surface area contributed by atoms with Crippen LogP contribution in [-0.4, -0.2) is 16.2 Å². The number of nitrogens with zero attached hydrogens (tertiary/aromatic N) is 1.